The largest absolute Gasteiger partial charge is 0.496 e. The second-order valence-corrected chi connectivity index (χ2v) is 5.71. The van der Waals surface area contributed by atoms with E-state index in [0.717, 1.165) is 18.8 Å². The predicted octanol–water partition coefficient (Wildman–Crippen LogP) is 3.50. The molecule has 0 amide bonds. The molecule has 0 heterocycles. The van der Waals surface area contributed by atoms with E-state index in [9.17, 15) is 0 Å². The van der Waals surface area contributed by atoms with Crippen molar-refractivity contribution >= 4 is 11.6 Å². The first kappa shape index (κ1) is 13.7. The van der Waals surface area contributed by atoms with Crippen LogP contribution in [0.5, 0.6) is 5.75 Å². The molecule has 2 rings (SSSR count). The molecule has 0 aliphatic heterocycles. The maximum atomic E-state index is 6.28. The van der Waals surface area contributed by atoms with Crippen LogP contribution in [0.15, 0.2) is 18.2 Å². The van der Waals surface area contributed by atoms with Crippen LogP contribution in [0.25, 0.3) is 0 Å². The molecule has 1 saturated carbocycles. The first-order valence-electron chi connectivity index (χ1n) is 6.69. The number of halogens is 1. The number of hydrogen-bond acceptors (Lipinski definition) is 2. The molecule has 2 atom stereocenters. The van der Waals surface area contributed by atoms with E-state index in [1.165, 1.54) is 30.4 Å². The molecule has 1 aromatic carbocycles. The van der Waals surface area contributed by atoms with E-state index < -0.39 is 0 Å². The topological polar surface area (TPSA) is 21.3 Å². The van der Waals surface area contributed by atoms with Crippen molar-refractivity contribution in [3.05, 3.63) is 29.3 Å². The lowest BCUT2D eigenvalue weighted by atomic mass is 10.1. The minimum atomic E-state index is 0.358. The molecule has 0 spiro atoms. The second kappa shape index (κ2) is 6.44. The molecule has 1 fully saturated rings. The fraction of sp³-hybridized carbons (Fsp3) is 0.600. The van der Waals surface area contributed by atoms with Gasteiger partial charge in [-0.3, -0.25) is 0 Å². The number of ether oxygens (including phenoxy) is 1. The molecule has 18 heavy (non-hydrogen) atoms. The van der Waals surface area contributed by atoms with Crippen LogP contribution < -0.4 is 10.1 Å². The third kappa shape index (κ3) is 3.39. The molecule has 2 unspecified atom stereocenters. The molecule has 1 N–H and O–H groups in total. The Morgan fingerprint density at radius 3 is 2.89 bits per heavy atom. The van der Waals surface area contributed by atoms with Crippen LogP contribution >= 0.6 is 11.6 Å². The van der Waals surface area contributed by atoms with E-state index in [1.807, 2.05) is 6.07 Å². The number of alkyl halides is 1. The monoisotopic (exact) mass is 267 g/mol. The smallest absolute Gasteiger partial charge is 0.123 e. The molecule has 0 saturated heterocycles. The first-order chi connectivity index (χ1) is 8.70. The Hall–Kier alpha value is -0.730. The Kier molecular flexibility index (Phi) is 4.90. The SMILES string of the molecule is COc1ccc(C)cc1CNCC1CCCC1Cl. The van der Waals surface area contributed by atoms with Gasteiger partial charge < -0.3 is 10.1 Å². The molecule has 1 aromatic rings. The predicted molar refractivity (Wildman–Crippen MR) is 76.4 cm³/mol. The van der Waals surface area contributed by atoms with Crippen molar-refractivity contribution in [1.29, 1.82) is 0 Å². The molecule has 3 heteroatoms. The summed E-state index contributed by atoms with van der Waals surface area (Å²) in [5, 5.41) is 3.87. The first-order valence-corrected chi connectivity index (χ1v) is 7.12. The summed E-state index contributed by atoms with van der Waals surface area (Å²) < 4.78 is 5.38. The standard InChI is InChI=1S/C15H22ClNO/c1-11-6-7-15(18-2)13(8-11)10-17-9-12-4-3-5-14(12)16/h6-8,12,14,17H,3-5,9-10H2,1-2H3. The molecule has 2 nitrogen and oxygen atoms in total. The van der Waals surface area contributed by atoms with Crippen molar-refractivity contribution in [2.75, 3.05) is 13.7 Å². The van der Waals surface area contributed by atoms with Crippen LogP contribution in [0.4, 0.5) is 0 Å². The number of methoxy groups -OCH3 is 1. The summed E-state index contributed by atoms with van der Waals surface area (Å²) in [6.45, 7) is 3.96. The van der Waals surface area contributed by atoms with Gasteiger partial charge in [0.1, 0.15) is 5.75 Å². The van der Waals surface area contributed by atoms with Crippen molar-refractivity contribution in [3.63, 3.8) is 0 Å². The number of aryl methyl sites for hydroxylation is 1. The van der Waals surface area contributed by atoms with Crippen molar-refractivity contribution < 1.29 is 4.74 Å². The third-order valence-corrected chi connectivity index (χ3v) is 4.30. The Labute approximate surface area is 115 Å². The van der Waals surface area contributed by atoms with Crippen molar-refractivity contribution in [2.24, 2.45) is 5.92 Å². The lowest BCUT2D eigenvalue weighted by Gasteiger charge is -2.15. The van der Waals surface area contributed by atoms with E-state index in [0.29, 0.717) is 11.3 Å². The molecule has 1 aliphatic rings. The average Bonchev–Trinajstić information content (AvgIpc) is 2.76. The number of rotatable bonds is 5. The molecule has 0 aromatic heterocycles. The third-order valence-electron chi connectivity index (χ3n) is 3.72. The summed E-state index contributed by atoms with van der Waals surface area (Å²) in [4.78, 5) is 0. The van der Waals surface area contributed by atoms with Crippen LogP contribution in [0.3, 0.4) is 0 Å². The lowest BCUT2D eigenvalue weighted by Crippen LogP contribution is -2.25. The molecule has 0 bridgehead atoms. The summed E-state index contributed by atoms with van der Waals surface area (Å²) in [6, 6.07) is 6.29. The molecule has 100 valence electrons. The fourth-order valence-electron chi connectivity index (χ4n) is 2.66. The molecule has 1 aliphatic carbocycles. The van der Waals surface area contributed by atoms with Gasteiger partial charge >= 0.3 is 0 Å². The molecule has 0 radical (unpaired) electrons. The van der Waals surface area contributed by atoms with Crippen LogP contribution in [-0.4, -0.2) is 19.0 Å². The highest BCUT2D eigenvalue weighted by molar-refractivity contribution is 6.20. The fourth-order valence-corrected chi connectivity index (χ4v) is 3.03. The van der Waals surface area contributed by atoms with Crippen molar-refractivity contribution in [1.82, 2.24) is 5.32 Å². The quantitative estimate of drug-likeness (QED) is 0.825. The van der Waals surface area contributed by atoms with Gasteiger partial charge in [-0.15, -0.1) is 11.6 Å². The van der Waals surface area contributed by atoms with Gasteiger partial charge in [0.15, 0.2) is 0 Å². The molecular formula is C15H22ClNO. The van der Waals surface area contributed by atoms with Gasteiger partial charge in [-0.05, 0) is 38.3 Å². The van der Waals surface area contributed by atoms with Gasteiger partial charge in [0.05, 0.1) is 7.11 Å². The Morgan fingerprint density at radius 2 is 2.22 bits per heavy atom. The van der Waals surface area contributed by atoms with Gasteiger partial charge in [0.25, 0.3) is 0 Å². The van der Waals surface area contributed by atoms with E-state index in [4.69, 9.17) is 16.3 Å². The Balaban J connectivity index is 1.87. The minimum Gasteiger partial charge on any atom is -0.496 e. The van der Waals surface area contributed by atoms with Gasteiger partial charge in [-0.1, -0.05) is 24.1 Å². The van der Waals surface area contributed by atoms with E-state index >= 15 is 0 Å². The van der Waals surface area contributed by atoms with Gasteiger partial charge in [0.2, 0.25) is 0 Å². The number of benzene rings is 1. The summed E-state index contributed by atoms with van der Waals surface area (Å²) in [6.07, 6.45) is 3.70. The van der Waals surface area contributed by atoms with Gasteiger partial charge in [0, 0.05) is 17.5 Å². The van der Waals surface area contributed by atoms with E-state index in [2.05, 4.69) is 24.4 Å². The number of hydrogen-bond donors (Lipinski definition) is 1. The van der Waals surface area contributed by atoms with Gasteiger partial charge in [-0.2, -0.15) is 0 Å². The Bertz CT molecular complexity index is 394. The van der Waals surface area contributed by atoms with Crippen molar-refractivity contribution in [2.45, 2.75) is 38.1 Å². The second-order valence-electron chi connectivity index (χ2n) is 5.15. The highest BCUT2D eigenvalue weighted by Crippen LogP contribution is 2.29. The minimum absolute atomic E-state index is 0.358. The molecular weight excluding hydrogens is 246 g/mol. The van der Waals surface area contributed by atoms with E-state index in [1.54, 1.807) is 7.11 Å². The highest BCUT2D eigenvalue weighted by Gasteiger charge is 2.24. The van der Waals surface area contributed by atoms with Crippen LogP contribution in [0.1, 0.15) is 30.4 Å². The summed E-state index contributed by atoms with van der Waals surface area (Å²) in [7, 11) is 1.72. The normalized spacial score (nSPS) is 23.3. The average molecular weight is 268 g/mol. The maximum absolute atomic E-state index is 6.28. The highest BCUT2D eigenvalue weighted by atomic mass is 35.5. The van der Waals surface area contributed by atoms with Crippen molar-refractivity contribution in [3.8, 4) is 5.75 Å². The summed E-state index contributed by atoms with van der Waals surface area (Å²) in [5.41, 5.74) is 2.49. The lowest BCUT2D eigenvalue weighted by molar-refractivity contribution is 0.405. The zero-order valence-electron chi connectivity index (χ0n) is 11.2. The number of nitrogens with one attached hydrogen (secondary N) is 1. The van der Waals surface area contributed by atoms with E-state index in [-0.39, 0.29) is 0 Å². The zero-order chi connectivity index (χ0) is 13.0. The van der Waals surface area contributed by atoms with Crippen LogP contribution in [0.2, 0.25) is 0 Å². The maximum Gasteiger partial charge on any atom is 0.123 e. The van der Waals surface area contributed by atoms with Crippen LogP contribution in [-0.2, 0) is 6.54 Å². The zero-order valence-corrected chi connectivity index (χ0v) is 12.0. The van der Waals surface area contributed by atoms with Gasteiger partial charge in [-0.25, -0.2) is 0 Å². The Morgan fingerprint density at radius 1 is 1.39 bits per heavy atom. The summed E-state index contributed by atoms with van der Waals surface area (Å²) in [5.74, 6) is 1.59. The summed E-state index contributed by atoms with van der Waals surface area (Å²) >= 11 is 6.28. The van der Waals surface area contributed by atoms with Crippen LogP contribution in [0, 0.1) is 12.8 Å².